The van der Waals surface area contributed by atoms with E-state index in [0.29, 0.717) is 5.92 Å². The summed E-state index contributed by atoms with van der Waals surface area (Å²) in [6.45, 7) is 9.00. The van der Waals surface area contributed by atoms with E-state index in [2.05, 4.69) is 51.6 Å². The van der Waals surface area contributed by atoms with Crippen LogP contribution >= 0.6 is 12.6 Å². The molecule has 2 nitrogen and oxygen atoms in total. The second-order valence-corrected chi connectivity index (χ2v) is 6.55. The molecule has 0 saturated carbocycles. The highest BCUT2D eigenvalue weighted by Crippen LogP contribution is 2.33. The summed E-state index contributed by atoms with van der Waals surface area (Å²) in [6, 6.07) is 6.43. The van der Waals surface area contributed by atoms with Crippen LogP contribution in [0.25, 0.3) is 0 Å². The van der Waals surface area contributed by atoms with Crippen molar-refractivity contribution < 1.29 is 9.47 Å². The summed E-state index contributed by atoms with van der Waals surface area (Å²) in [4.78, 5) is 0. The second-order valence-electron chi connectivity index (χ2n) is 6.23. The Hall–Kier alpha value is -0.670. The molecule has 0 bridgehead atoms. The molecule has 0 aliphatic carbocycles. The van der Waals surface area contributed by atoms with Crippen molar-refractivity contribution in [2.45, 2.75) is 39.5 Å². The molecular formula is C17H26O2S. The van der Waals surface area contributed by atoms with Crippen LogP contribution in [0.4, 0.5) is 0 Å². The number of hydrogen-bond acceptors (Lipinski definition) is 3. The molecule has 0 radical (unpaired) electrons. The first-order valence-electron chi connectivity index (χ1n) is 7.48. The largest absolute Gasteiger partial charge is 0.493 e. The van der Waals surface area contributed by atoms with Gasteiger partial charge < -0.3 is 9.47 Å². The molecule has 1 aliphatic rings. The van der Waals surface area contributed by atoms with Crippen LogP contribution in [0.15, 0.2) is 18.2 Å². The number of thiol groups is 1. The van der Waals surface area contributed by atoms with Crippen LogP contribution in [0.1, 0.15) is 43.7 Å². The standard InChI is InChI=1S/C17H26O2S/c1-13(2)16-5-4-15(10-14(16)3)19-11-17(12-20)6-8-18-9-7-17/h4-5,10,13,20H,6-9,11-12H2,1-3H3. The topological polar surface area (TPSA) is 18.5 Å². The Labute approximate surface area is 128 Å². The number of benzene rings is 1. The quantitative estimate of drug-likeness (QED) is 0.820. The zero-order valence-corrected chi connectivity index (χ0v) is 13.7. The fraction of sp³-hybridized carbons (Fsp3) is 0.647. The molecule has 20 heavy (non-hydrogen) atoms. The van der Waals surface area contributed by atoms with Crippen LogP contribution in [-0.4, -0.2) is 25.6 Å². The van der Waals surface area contributed by atoms with Gasteiger partial charge in [0, 0.05) is 18.6 Å². The maximum atomic E-state index is 6.05. The van der Waals surface area contributed by atoms with Gasteiger partial charge in [-0.1, -0.05) is 19.9 Å². The Balaban J connectivity index is 2.01. The lowest BCUT2D eigenvalue weighted by molar-refractivity contribution is 0.00309. The summed E-state index contributed by atoms with van der Waals surface area (Å²) in [6.07, 6.45) is 2.08. The Morgan fingerprint density at radius 2 is 2.00 bits per heavy atom. The molecule has 112 valence electrons. The van der Waals surface area contributed by atoms with E-state index in [4.69, 9.17) is 9.47 Å². The van der Waals surface area contributed by atoms with Gasteiger partial charge in [0.25, 0.3) is 0 Å². The lowest BCUT2D eigenvalue weighted by Crippen LogP contribution is -2.36. The van der Waals surface area contributed by atoms with Gasteiger partial charge in [0.05, 0.1) is 6.61 Å². The molecule has 0 unspecified atom stereocenters. The van der Waals surface area contributed by atoms with E-state index in [1.807, 2.05) is 0 Å². The van der Waals surface area contributed by atoms with Gasteiger partial charge >= 0.3 is 0 Å². The first kappa shape index (κ1) is 15.7. The molecule has 1 aromatic rings. The molecule has 2 rings (SSSR count). The molecule has 0 aromatic heterocycles. The number of rotatable bonds is 5. The normalized spacial score (nSPS) is 18.2. The first-order valence-corrected chi connectivity index (χ1v) is 8.11. The average molecular weight is 294 g/mol. The van der Waals surface area contributed by atoms with Crippen LogP contribution in [0, 0.1) is 12.3 Å². The number of hydrogen-bond donors (Lipinski definition) is 1. The lowest BCUT2D eigenvalue weighted by atomic mass is 9.83. The van der Waals surface area contributed by atoms with Gasteiger partial charge in [0.15, 0.2) is 0 Å². The highest BCUT2D eigenvalue weighted by Gasteiger charge is 2.32. The lowest BCUT2D eigenvalue weighted by Gasteiger charge is -2.35. The van der Waals surface area contributed by atoms with Crippen LogP contribution in [-0.2, 0) is 4.74 Å². The van der Waals surface area contributed by atoms with E-state index in [0.717, 1.165) is 44.2 Å². The third-order valence-corrected chi connectivity index (χ3v) is 4.97. The minimum atomic E-state index is 0.173. The van der Waals surface area contributed by atoms with Crippen molar-refractivity contribution in [2.75, 3.05) is 25.6 Å². The van der Waals surface area contributed by atoms with Crippen molar-refractivity contribution in [1.82, 2.24) is 0 Å². The highest BCUT2D eigenvalue weighted by molar-refractivity contribution is 7.80. The van der Waals surface area contributed by atoms with Crippen LogP contribution in [0.3, 0.4) is 0 Å². The maximum absolute atomic E-state index is 6.05. The predicted molar refractivity (Wildman–Crippen MR) is 87.1 cm³/mol. The molecule has 0 amide bonds. The molecule has 0 spiro atoms. The van der Waals surface area contributed by atoms with Crippen molar-refractivity contribution >= 4 is 12.6 Å². The monoisotopic (exact) mass is 294 g/mol. The molecular weight excluding hydrogens is 268 g/mol. The Kier molecular flexibility index (Phi) is 5.39. The molecule has 1 aromatic carbocycles. The third-order valence-electron chi connectivity index (χ3n) is 4.30. The fourth-order valence-corrected chi connectivity index (χ4v) is 3.18. The average Bonchev–Trinajstić information content (AvgIpc) is 2.46. The fourth-order valence-electron chi connectivity index (χ4n) is 2.77. The molecule has 0 atom stereocenters. The summed E-state index contributed by atoms with van der Waals surface area (Å²) in [5.74, 6) is 2.39. The zero-order valence-electron chi connectivity index (χ0n) is 12.8. The van der Waals surface area contributed by atoms with Crippen molar-refractivity contribution in [2.24, 2.45) is 5.41 Å². The van der Waals surface area contributed by atoms with Gasteiger partial charge in [-0.2, -0.15) is 12.6 Å². The van der Waals surface area contributed by atoms with Crippen molar-refractivity contribution in [1.29, 1.82) is 0 Å². The smallest absolute Gasteiger partial charge is 0.119 e. The van der Waals surface area contributed by atoms with Crippen LogP contribution < -0.4 is 4.74 Å². The van der Waals surface area contributed by atoms with E-state index >= 15 is 0 Å². The van der Waals surface area contributed by atoms with Crippen molar-refractivity contribution in [3.05, 3.63) is 29.3 Å². The van der Waals surface area contributed by atoms with Gasteiger partial charge in [-0.15, -0.1) is 0 Å². The van der Waals surface area contributed by atoms with Crippen LogP contribution in [0.2, 0.25) is 0 Å². The van der Waals surface area contributed by atoms with Crippen molar-refractivity contribution in [3.8, 4) is 5.75 Å². The molecule has 1 fully saturated rings. The minimum absolute atomic E-state index is 0.173. The molecule has 0 N–H and O–H groups in total. The van der Waals surface area contributed by atoms with E-state index < -0.39 is 0 Å². The predicted octanol–water partition coefficient (Wildman–Crippen LogP) is 4.22. The van der Waals surface area contributed by atoms with E-state index in [1.54, 1.807) is 0 Å². The number of ether oxygens (including phenoxy) is 2. The van der Waals surface area contributed by atoms with E-state index in [1.165, 1.54) is 11.1 Å². The second kappa shape index (κ2) is 6.86. The summed E-state index contributed by atoms with van der Waals surface area (Å²) >= 11 is 4.52. The summed E-state index contributed by atoms with van der Waals surface area (Å²) in [7, 11) is 0. The van der Waals surface area contributed by atoms with E-state index in [-0.39, 0.29) is 5.41 Å². The van der Waals surface area contributed by atoms with Gasteiger partial charge in [-0.3, -0.25) is 0 Å². The minimum Gasteiger partial charge on any atom is -0.493 e. The van der Waals surface area contributed by atoms with Crippen LogP contribution in [0.5, 0.6) is 5.75 Å². The Bertz CT molecular complexity index is 437. The van der Waals surface area contributed by atoms with Gasteiger partial charge in [0.1, 0.15) is 5.75 Å². The van der Waals surface area contributed by atoms with Crippen molar-refractivity contribution in [3.63, 3.8) is 0 Å². The van der Waals surface area contributed by atoms with Gasteiger partial charge in [-0.25, -0.2) is 0 Å². The number of aryl methyl sites for hydroxylation is 1. The highest BCUT2D eigenvalue weighted by atomic mass is 32.1. The maximum Gasteiger partial charge on any atom is 0.119 e. The first-order chi connectivity index (χ1) is 9.56. The molecule has 3 heteroatoms. The molecule has 1 aliphatic heterocycles. The molecule has 1 heterocycles. The Morgan fingerprint density at radius 3 is 2.55 bits per heavy atom. The van der Waals surface area contributed by atoms with E-state index in [9.17, 15) is 0 Å². The SMILES string of the molecule is Cc1cc(OCC2(CS)CCOCC2)ccc1C(C)C. The summed E-state index contributed by atoms with van der Waals surface area (Å²) in [5.41, 5.74) is 2.88. The summed E-state index contributed by atoms with van der Waals surface area (Å²) in [5, 5.41) is 0. The Morgan fingerprint density at radius 1 is 1.30 bits per heavy atom. The van der Waals surface area contributed by atoms with Gasteiger partial charge in [-0.05, 0) is 54.7 Å². The van der Waals surface area contributed by atoms with Gasteiger partial charge in [0.2, 0.25) is 0 Å². The third kappa shape index (κ3) is 3.70. The molecule has 1 saturated heterocycles. The summed E-state index contributed by atoms with van der Waals surface area (Å²) < 4.78 is 11.5. The zero-order chi connectivity index (χ0) is 14.6.